The second-order valence-corrected chi connectivity index (χ2v) is 9.78. The van der Waals surface area contributed by atoms with Crippen LogP contribution in [0.3, 0.4) is 0 Å². The third kappa shape index (κ3) is 4.46. The van der Waals surface area contributed by atoms with Gasteiger partial charge in [0.1, 0.15) is 11.1 Å². The Balaban J connectivity index is 1.72. The summed E-state index contributed by atoms with van der Waals surface area (Å²) in [7, 11) is 0. The Morgan fingerprint density at radius 1 is 1.06 bits per heavy atom. The molecule has 0 saturated heterocycles. The highest BCUT2D eigenvalue weighted by Crippen LogP contribution is 2.38. The second kappa shape index (κ2) is 9.48. The summed E-state index contributed by atoms with van der Waals surface area (Å²) in [6, 6.07) is 14.1. The number of fused-ring (bicyclic) bond motifs is 1. The van der Waals surface area contributed by atoms with Crippen LogP contribution in [0.2, 0.25) is 5.02 Å². The van der Waals surface area contributed by atoms with Gasteiger partial charge in [-0.3, -0.25) is 4.79 Å². The molecule has 3 nitrogen and oxygen atoms in total. The molecule has 0 unspecified atom stereocenters. The van der Waals surface area contributed by atoms with Crippen molar-refractivity contribution >= 4 is 29.1 Å². The van der Waals surface area contributed by atoms with E-state index in [1.807, 2.05) is 44.2 Å². The first-order valence-corrected chi connectivity index (χ1v) is 12.2. The van der Waals surface area contributed by atoms with Gasteiger partial charge in [0.25, 0.3) is 0 Å². The molecule has 1 aliphatic rings. The number of thioether (sulfide) groups is 1. The molecule has 0 amide bonds. The van der Waals surface area contributed by atoms with Crippen LogP contribution in [0.25, 0.3) is 11.1 Å². The fourth-order valence-electron chi connectivity index (χ4n) is 4.33. The van der Waals surface area contributed by atoms with E-state index in [9.17, 15) is 10.1 Å². The lowest BCUT2D eigenvalue weighted by molar-refractivity contribution is 0.102. The molecule has 5 heteroatoms. The first-order chi connectivity index (χ1) is 15.4. The van der Waals surface area contributed by atoms with Gasteiger partial charge in [0.05, 0.1) is 11.3 Å². The molecule has 0 aliphatic heterocycles. The van der Waals surface area contributed by atoms with Crippen LogP contribution in [0, 0.1) is 32.1 Å². The van der Waals surface area contributed by atoms with E-state index in [1.54, 1.807) is 0 Å². The molecule has 4 rings (SSSR count). The number of nitrogens with zero attached hydrogens (tertiary/aromatic N) is 2. The SMILES string of the molecule is Cc1cc(C)c(C(=O)CSc2nc3c(c(-c4ccc(Cl)cc4)c2C#N)CCCC3)cc1C. The number of rotatable bonds is 5. The number of carbonyl (C=O) groups is 1. The van der Waals surface area contributed by atoms with Crippen molar-refractivity contribution in [3.8, 4) is 17.2 Å². The zero-order chi connectivity index (χ0) is 22.8. The number of ketones is 1. The Labute approximate surface area is 198 Å². The van der Waals surface area contributed by atoms with Crippen LogP contribution in [0.4, 0.5) is 0 Å². The highest BCUT2D eigenvalue weighted by molar-refractivity contribution is 8.00. The summed E-state index contributed by atoms with van der Waals surface area (Å²) in [6.45, 7) is 6.05. The van der Waals surface area contributed by atoms with Gasteiger partial charge in [-0.15, -0.1) is 0 Å². The molecule has 0 fully saturated rings. The first-order valence-electron chi connectivity index (χ1n) is 10.8. The zero-order valence-electron chi connectivity index (χ0n) is 18.6. The molecule has 3 aromatic rings. The number of nitriles is 1. The smallest absolute Gasteiger partial charge is 0.173 e. The van der Waals surface area contributed by atoms with E-state index < -0.39 is 0 Å². The number of halogens is 1. The predicted molar refractivity (Wildman–Crippen MR) is 132 cm³/mol. The maximum atomic E-state index is 13.0. The van der Waals surface area contributed by atoms with E-state index in [0.29, 0.717) is 15.6 Å². The average Bonchev–Trinajstić information content (AvgIpc) is 2.79. The number of aromatic nitrogens is 1. The Morgan fingerprint density at radius 3 is 2.47 bits per heavy atom. The van der Waals surface area contributed by atoms with E-state index in [2.05, 4.69) is 19.1 Å². The van der Waals surface area contributed by atoms with Gasteiger partial charge in [-0.1, -0.05) is 41.6 Å². The summed E-state index contributed by atoms with van der Waals surface area (Å²) in [5.41, 5.74) is 8.72. The molecule has 162 valence electrons. The second-order valence-electron chi connectivity index (χ2n) is 8.38. The molecular formula is C27H25ClN2OS. The third-order valence-corrected chi connectivity index (χ3v) is 7.39. The van der Waals surface area contributed by atoms with Gasteiger partial charge in [-0.2, -0.15) is 5.26 Å². The van der Waals surface area contributed by atoms with Crippen LogP contribution in [-0.4, -0.2) is 16.5 Å². The fraction of sp³-hybridized carbons (Fsp3) is 0.296. The maximum absolute atomic E-state index is 13.0. The number of Topliss-reactive ketones (excluding diaryl/α,β-unsaturated/α-hetero) is 1. The Kier molecular flexibility index (Phi) is 6.69. The number of aryl methyl sites for hydroxylation is 4. The number of benzene rings is 2. The number of hydrogen-bond donors (Lipinski definition) is 0. The molecule has 1 aliphatic carbocycles. The molecule has 32 heavy (non-hydrogen) atoms. The van der Waals surface area contributed by atoms with E-state index >= 15 is 0 Å². The summed E-state index contributed by atoms with van der Waals surface area (Å²) in [6.07, 6.45) is 4.01. The molecule has 0 spiro atoms. The van der Waals surface area contributed by atoms with Gasteiger partial charge in [0.2, 0.25) is 0 Å². The summed E-state index contributed by atoms with van der Waals surface area (Å²) in [5.74, 6) is 0.316. The quantitative estimate of drug-likeness (QED) is 0.302. The van der Waals surface area contributed by atoms with E-state index in [0.717, 1.165) is 64.8 Å². The van der Waals surface area contributed by atoms with Crippen molar-refractivity contribution in [2.45, 2.75) is 51.5 Å². The molecule has 1 aromatic heterocycles. The fourth-order valence-corrected chi connectivity index (χ4v) is 5.35. The summed E-state index contributed by atoms with van der Waals surface area (Å²) in [5, 5.41) is 11.4. The Bertz CT molecular complexity index is 1240. The molecule has 0 atom stereocenters. The van der Waals surface area contributed by atoms with Gasteiger partial charge < -0.3 is 0 Å². The van der Waals surface area contributed by atoms with E-state index in [1.165, 1.54) is 17.3 Å². The summed E-state index contributed by atoms with van der Waals surface area (Å²) in [4.78, 5) is 17.9. The average molecular weight is 461 g/mol. The van der Waals surface area contributed by atoms with Crippen LogP contribution in [-0.2, 0) is 12.8 Å². The number of pyridine rings is 1. The monoisotopic (exact) mass is 460 g/mol. The molecule has 0 radical (unpaired) electrons. The topological polar surface area (TPSA) is 53.8 Å². The van der Waals surface area contributed by atoms with Crippen molar-refractivity contribution in [3.63, 3.8) is 0 Å². The summed E-state index contributed by atoms with van der Waals surface area (Å²) < 4.78 is 0. The molecule has 0 N–H and O–H groups in total. The van der Waals surface area contributed by atoms with Crippen molar-refractivity contribution in [1.29, 1.82) is 5.26 Å². The van der Waals surface area contributed by atoms with Crippen molar-refractivity contribution < 1.29 is 4.79 Å². The van der Waals surface area contributed by atoms with Gasteiger partial charge in [0, 0.05) is 21.8 Å². The largest absolute Gasteiger partial charge is 0.293 e. The standard InChI is InChI=1S/C27H25ClN2OS/c1-16-12-18(3)22(13-17(16)2)25(31)15-32-27-23(14-29)26(19-8-10-20(28)11-9-19)21-6-4-5-7-24(21)30-27/h8-13H,4-7,15H2,1-3H3. The lowest BCUT2D eigenvalue weighted by Crippen LogP contribution is -2.12. The van der Waals surface area contributed by atoms with Crippen LogP contribution in [0.5, 0.6) is 0 Å². The lowest BCUT2D eigenvalue weighted by atomic mass is 9.87. The van der Waals surface area contributed by atoms with E-state index in [4.69, 9.17) is 16.6 Å². The van der Waals surface area contributed by atoms with Crippen molar-refractivity contribution in [3.05, 3.63) is 80.5 Å². The van der Waals surface area contributed by atoms with E-state index in [-0.39, 0.29) is 11.5 Å². The lowest BCUT2D eigenvalue weighted by Gasteiger charge is -2.22. The predicted octanol–water partition coefficient (Wildman–Crippen LogP) is 7.05. The maximum Gasteiger partial charge on any atom is 0.173 e. The summed E-state index contributed by atoms with van der Waals surface area (Å²) >= 11 is 7.47. The van der Waals surface area contributed by atoms with Gasteiger partial charge in [-0.25, -0.2) is 4.98 Å². The molecule has 2 aromatic carbocycles. The first kappa shape index (κ1) is 22.6. The molecule has 1 heterocycles. The van der Waals surface area contributed by atoms with Crippen molar-refractivity contribution in [2.75, 3.05) is 5.75 Å². The van der Waals surface area contributed by atoms with Crippen molar-refractivity contribution in [1.82, 2.24) is 4.98 Å². The van der Waals surface area contributed by atoms with Crippen molar-refractivity contribution in [2.24, 2.45) is 0 Å². The number of carbonyl (C=O) groups excluding carboxylic acids is 1. The molecule has 0 bridgehead atoms. The van der Waals surface area contributed by atoms with Gasteiger partial charge >= 0.3 is 0 Å². The van der Waals surface area contributed by atoms with Crippen LogP contribution < -0.4 is 0 Å². The highest BCUT2D eigenvalue weighted by atomic mass is 35.5. The third-order valence-electron chi connectivity index (χ3n) is 6.17. The normalized spacial score (nSPS) is 12.8. The number of hydrogen-bond acceptors (Lipinski definition) is 4. The minimum Gasteiger partial charge on any atom is -0.293 e. The molecule has 0 saturated carbocycles. The van der Waals surface area contributed by atoms with Crippen LogP contribution >= 0.6 is 23.4 Å². The minimum absolute atomic E-state index is 0.0621. The van der Waals surface area contributed by atoms with Gasteiger partial charge in [0.15, 0.2) is 5.78 Å². The zero-order valence-corrected chi connectivity index (χ0v) is 20.2. The minimum atomic E-state index is 0.0621. The molecular weight excluding hydrogens is 436 g/mol. The van der Waals surface area contributed by atoms with Crippen LogP contribution in [0.1, 0.15) is 56.7 Å². The van der Waals surface area contributed by atoms with Gasteiger partial charge in [-0.05, 0) is 92.5 Å². The van der Waals surface area contributed by atoms with Crippen LogP contribution in [0.15, 0.2) is 41.4 Å². The Morgan fingerprint density at radius 2 is 1.75 bits per heavy atom. The Hall–Kier alpha value is -2.61. The highest BCUT2D eigenvalue weighted by Gasteiger charge is 2.24.